The molecule has 1 aliphatic rings. The topological polar surface area (TPSA) is 102 Å². The molecule has 0 bridgehead atoms. The van der Waals surface area contributed by atoms with E-state index in [0.717, 1.165) is 0 Å². The summed E-state index contributed by atoms with van der Waals surface area (Å²) in [5.74, 6) is -1.51. The number of alkyl carbamates (subject to hydrolysis) is 1. The molecule has 0 radical (unpaired) electrons. The number of amides is 3. The summed E-state index contributed by atoms with van der Waals surface area (Å²) in [5, 5.41) is 1.95. The van der Waals surface area contributed by atoms with Crippen LogP contribution in [0.25, 0.3) is 0 Å². The molecule has 1 heterocycles. The van der Waals surface area contributed by atoms with Crippen molar-refractivity contribution >= 4 is 23.9 Å². The fourth-order valence-electron chi connectivity index (χ4n) is 2.36. The third-order valence-corrected chi connectivity index (χ3v) is 3.62. The molecule has 1 saturated heterocycles. The number of carbonyl (C=O) groups is 4. The molecule has 0 aromatic carbocycles. The lowest BCUT2D eigenvalue weighted by atomic mass is 9.91. The predicted octanol–water partition coefficient (Wildman–Crippen LogP) is 1.09. The summed E-state index contributed by atoms with van der Waals surface area (Å²) in [4.78, 5) is 48.4. The van der Waals surface area contributed by atoms with E-state index in [4.69, 9.17) is 4.74 Å². The molecule has 0 aliphatic carbocycles. The van der Waals surface area contributed by atoms with Gasteiger partial charge < -0.3 is 14.4 Å². The normalized spacial score (nSPS) is 15.6. The Morgan fingerprint density at radius 2 is 1.67 bits per heavy atom. The molecule has 24 heavy (non-hydrogen) atoms. The average Bonchev–Trinajstić information content (AvgIpc) is 2.51. The number of rotatable bonds is 4. The number of imide groups is 1. The lowest BCUT2D eigenvalue weighted by Gasteiger charge is -2.34. The summed E-state index contributed by atoms with van der Waals surface area (Å²) in [5.41, 5.74) is -0.446. The first-order chi connectivity index (χ1) is 11.1. The van der Waals surface area contributed by atoms with Gasteiger partial charge in [0.15, 0.2) is 6.61 Å². The van der Waals surface area contributed by atoms with Crippen LogP contribution in [0.5, 0.6) is 0 Å². The lowest BCUT2D eigenvalue weighted by molar-refractivity contribution is -0.155. The molecule has 3 amide bonds. The molecular formula is C16H26N2O6. The highest BCUT2D eigenvalue weighted by atomic mass is 16.6. The maximum absolute atomic E-state index is 12.2. The van der Waals surface area contributed by atoms with Gasteiger partial charge in [0, 0.05) is 18.5 Å². The summed E-state index contributed by atoms with van der Waals surface area (Å²) >= 11 is 0. The summed E-state index contributed by atoms with van der Waals surface area (Å²) in [6.45, 7) is 7.79. The number of esters is 1. The van der Waals surface area contributed by atoms with Crippen LogP contribution in [-0.2, 0) is 23.9 Å². The number of likely N-dealkylation sites (tertiary alicyclic amines) is 1. The average molecular weight is 342 g/mol. The van der Waals surface area contributed by atoms with Crippen LogP contribution in [-0.4, -0.2) is 55.1 Å². The van der Waals surface area contributed by atoms with Gasteiger partial charge in [-0.2, -0.15) is 0 Å². The van der Waals surface area contributed by atoms with E-state index >= 15 is 0 Å². The van der Waals surface area contributed by atoms with Crippen molar-refractivity contribution < 1.29 is 28.7 Å². The van der Waals surface area contributed by atoms with Gasteiger partial charge in [0.1, 0.15) is 0 Å². The van der Waals surface area contributed by atoms with Crippen molar-refractivity contribution in [3.63, 3.8) is 0 Å². The maximum atomic E-state index is 12.2. The van der Waals surface area contributed by atoms with E-state index < -0.39 is 30.0 Å². The van der Waals surface area contributed by atoms with Crippen molar-refractivity contribution in [3.05, 3.63) is 0 Å². The minimum atomic E-state index is -0.868. The summed E-state index contributed by atoms with van der Waals surface area (Å²) in [6.07, 6.45) is 0.132. The van der Waals surface area contributed by atoms with Gasteiger partial charge >= 0.3 is 12.1 Å². The molecule has 0 aromatic heterocycles. The fourth-order valence-corrected chi connectivity index (χ4v) is 2.36. The van der Waals surface area contributed by atoms with Crippen molar-refractivity contribution in [2.45, 2.75) is 40.5 Å². The van der Waals surface area contributed by atoms with E-state index in [9.17, 15) is 19.2 Å². The second-order valence-corrected chi connectivity index (χ2v) is 6.69. The fraction of sp³-hybridized carbons (Fsp3) is 0.750. The molecule has 0 unspecified atom stereocenters. The third-order valence-electron chi connectivity index (χ3n) is 3.62. The predicted molar refractivity (Wildman–Crippen MR) is 84.9 cm³/mol. The van der Waals surface area contributed by atoms with Crippen LogP contribution in [0, 0.1) is 11.3 Å². The Hall–Kier alpha value is -2.12. The minimum Gasteiger partial charge on any atom is -0.455 e. The highest BCUT2D eigenvalue weighted by Crippen LogP contribution is 2.24. The van der Waals surface area contributed by atoms with Crippen molar-refractivity contribution in [1.29, 1.82) is 0 Å². The third kappa shape index (κ3) is 6.17. The standard InChI is InChI=1S/C16H26N2O6/c1-5-23-15(22)17-12(19)10-24-13(20)11-6-8-18(9-7-11)14(21)16(2,3)4/h11H,5-10H2,1-4H3,(H,17,19,22). The molecule has 8 heteroatoms. The highest BCUT2D eigenvalue weighted by molar-refractivity contribution is 5.93. The first-order valence-electron chi connectivity index (χ1n) is 8.07. The summed E-state index contributed by atoms with van der Waals surface area (Å²) in [7, 11) is 0. The zero-order chi connectivity index (χ0) is 18.3. The molecule has 0 aromatic rings. The van der Waals surface area contributed by atoms with Gasteiger partial charge in [0.2, 0.25) is 5.91 Å². The van der Waals surface area contributed by atoms with Gasteiger partial charge in [-0.15, -0.1) is 0 Å². The van der Waals surface area contributed by atoms with E-state index in [2.05, 4.69) is 4.74 Å². The number of hydrogen-bond acceptors (Lipinski definition) is 6. The van der Waals surface area contributed by atoms with E-state index in [1.54, 1.807) is 11.8 Å². The number of ether oxygens (including phenoxy) is 2. The number of hydrogen-bond donors (Lipinski definition) is 1. The zero-order valence-corrected chi connectivity index (χ0v) is 14.7. The molecule has 1 fully saturated rings. The molecule has 0 spiro atoms. The monoisotopic (exact) mass is 342 g/mol. The molecule has 1 rings (SSSR count). The Morgan fingerprint density at radius 1 is 1.08 bits per heavy atom. The van der Waals surface area contributed by atoms with Crippen LogP contribution >= 0.6 is 0 Å². The summed E-state index contributed by atoms with van der Waals surface area (Å²) < 4.78 is 9.47. The molecular weight excluding hydrogens is 316 g/mol. The maximum Gasteiger partial charge on any atom is 0.413 e. The lowest BCUT2D eigenvalue weighted by Crippen LogP contribution is -2.45. The van der Waals surface area contributed by atoms with Crippen LogP contribution < -0.4 is 5.32 Å². The van der Waals surface area contributed by atoms with Crippen LogP contribution in [0.15, 0.2) is 0 Å². The van der Waals surface area contributed by atoms with Crippen molar-refractivity contribution in [2.24, 2.45) is 11.3 Å². The largest absolute Gasteiger partial charge is 0.455 e. The van der Waals surface area contributed by atoms with Crippen molar-refractivity contribution in [2.75, 3.05) is 26.3 Å². The SMILES string of the molecule is CCOC(=O)NC(=O)COC(=O)C1CCN(C(=O)C(C)(C)C)CC1. The Balaban J connectivity index is 2.35. The van der Waals surface area contributed by atoms with E-state index in [-0.39, 0.29) is 18.4 Å². The molecule has 136 valence electrons. The summed E-state index contributed by atoms with van der Waals surface area (Å²) in [6, 6.07) is 0. The molecule has 1 aliphatic heterocycles. The van der Waals surface area contributed by atoms with Gasteiger partial charge in [-0.3, -0.25) is 19.7 Å². The Morgan fingerprint density at radius 3 is 2.17 bits per heavy atom. The van der Waals surface area contributed by atoms with Crippen molar-refractivity contribution in [1.82, 2.24) is 10.2 Å². The zero-order valence-electron chi connectivity index (χ0n) is 14.7. The Kier molecular flexibility index (Phi) is 7.18. The van der Waals surface area contributed by atoms with Crippen LogP contribution in [0.4, 0.5) is 4.79 Å². The van der Waals surface area contributed by atoms with Crippen LogP contribution in [0.2, 0.25) is 0 Å². The quantitative estimate of drug-likeness (QED) is 0.767. The molecule has 8 nitrogen and oxygen atoms in total. The van der Waals surface area contributed by atoms with E-state index in [1.165, 1.54) is 0 Å². The Labute approximate surface area is 141 Å². The highest BCUT2D eigenvalue weighted by Gasteiger charge is 2.33. The minimum absolute atomic E-state index is 0.0585. The molecule has 0 saturated carbocycles. The number of carbonyl (C=O) groups excluding carboxylic acids is 4. The van der Waals surface area contributed by atoms with Crippen LogP contribution in [0.1, 0.15) is 40.5 Å². The molecule has 0 atom stereocenters. The van der Waals surface area contributed by atoms with Gasteiger partial charge in [0.05, 0.1) is 12.5 Å². The van der Waals surface area contributed by atoms with Crippen molar-refractivity contribution in [3.8, 4) is 0 Å². The first kappa shape index (κ1) is 19.9. The van der Waals surface area contributed by atoms with Gasteiger partial charge in [-0.25, -0.2) is 4.79 Å². The van der Waals surface area contributed by atoms with Gasteiger partial charge in [0.25, 0.3) is 5.91 Å². The molecule has 1 N–H and O–H groups in total. The number of piperidine rings is 1. The smallest absolute Gasteiger partial charge is 0.413 e. The first-order valence-corrected chi connectivity index (χ1v) is 8.07. The second-order valence-electron chi connectivity index (χ2n) is 6.69. The van der Waals surface area contributed by atoms with E-state index in [1.807, 2.05) is 26.1 Å². The van der Waals surface area contributed by atoms with Gasteiger partial charge in [-0.05, 0) is 19.8 Å². The second kappa shape index (κ2) is 8.65. The Bertz CT molecular complexity index is 489. The van der Waals surface area contributed by atoms with Gasteiger partial charge in [-0.1, -0.05) is 20.8 Å². The van der Waals surface area contributed by atoms with Crippen LogP contribution in [0.3, 0.4) is 0 Å². The number of nitrogens with one attached hydrogen (secondary N) is 1. The number of nitrogens with zero attached hydrogens (tertiary/aromatic N) is 1. The van der Waals surface area contributed by atoms with E-state index in [0.29, 0.717) is 25.9 Å².